The Bertz CT molecular complexity index is 1110. The molecule has 160 valence electrons. The van der Waals surface area contributed by atoms with Crippen molar-refractivity contribution in [3.8, 4) is 11.4 Å². The van der Waals surface area contributed by atoms with Crippen LogP contribution in [-0.4, -0.2) is 27.6 Å². The molecule has 0 aliphatic carbocycles. The van der Waals surface area contributed by atoms with Crippen molar-refractivity contribution in [3.05, 3.63) is 65.0 Å². The van der Waals surface area contributed by atoms with Crippen molar-refractivity contribution < 1.29 is 9.32 Å². The molecule has 1 amide bonds. The van der Waals surface area contributed by atoms with Crippen LogP contribution >= 0.6 is 11.3 Å². The predicted octanol–water partition coefficient (Wildman–Crippen LogP) is 5.15. The second-order valence-electron chi connectivity index (χ2n) is 7.82. The van der Waals surface area contributed by atoms with E-state index in [1.165, 1.54) is 10.3 Å². The molecule has 0 aliphatic rings. The third-order valence-electron chi connectivity index (χ3n) is 5.10. The highest BCUT2D eigenvalue weighted by atomic mass is 32.1. The van der Waals surface area contributed by atoms with Crippen molar-refractivity contribution >= 4 is 27.5 Å². The SMILES string of the molecule is CC(C)c1ccc(-c2noc(CCC(=O)NCCCc3nc4ccccc4s3)n2)cc1. The Morgan fingerprint density at radius 1 is 1.06 bits per heavy atom. The monoisotopic (exact) mass is 434 g/mol. The lowest BCUT2D eigenvalue weighted by atomic mass is 10.0. The number of nitrogens with zero attached hydrogens (tertiary/aromatic N) is 3. The Morgan fingerprint density at radius 3 is 2.65 bits per heavy atom. The van der Waals surface area contributed by atoms with Crippen LogP contribution in [0.4, 0.5) is 0 Å². The number of thiazole rings is 1. The van der Waals surface area contributed by atoms with E-state index in [4.69, 9.17) is 4.52 Å². The maximum absolute atomic E-state index is 12.1. The van der Waals surface area contributed by atoms with Crippen molar-refractivity contribution in [1.29, 1.82) is 0 Å². The molecule has 6 nitrogen and oxygen atoms in total. The van der Waals surface area contributed by atoms with Gasteiger partial charge in [0.2, 0.25) is 17.6 Å². The molecule has 7 heteroatoms. The molecule has 0 unspecified atom stereocenters. The Morgan fingerprint density at radius 2 is 1.87 bits per heavy atom. The predicted molar refractivity (Wildman–Crippen MR) is 123 cm³/mol. The zero-order chi connectivity index (χ0) is 21.6. The maximum atomic E-state index is 12.1. The van der Waals surface area contributed by atoms with E-state index in [9.17, 15) is 4.79 Å². The fourth-order valence-corrected chi connectivity index (χ4v) is 4.30. The molecule has 4 aromatic rings. The molecule has 31 heavy (non-hydrogen) atoms. The Hall–Kier alpha value is -3.06. The van der Waals surface area contributed by atoms with E-state index in [1.807, 2.05) is 30.3 Å². The van der Waals surface area contributed by atoms with Crippen molar-refractivity contribution in [2.45, 2.75) is 45.4 Å². The Kier molecular flexibility index (Phi) is 6.72. The summed E-state index contributed by atoms with van der Waals surface area (Å²) >= 11 is 1.71. The fourth-order valence-electron chi connectivity index (χ4n) is 3.29. The molecule has 2 heterocycles. The first-order valence-corrected chi connectivity index (χ1v) is 11.4. The molecule has 0 fully saturated rings. The molecule has 1 N–H and O–H groups in total. The van der Waals surface area contributed by atoms with Crippen LogP contribution in [0.25, 0.3) is 21.6 Å². The lowest BCUT2D eigenvalue weighted by Crippen LogP contribution is -2.25. The molecule has 2 aromatic heterocycles. The number of para-hydroxylation sites is 1. The summed E-state index contributed by atoms with van der Waals surface area (Å²) in [5, 5.41) is 8.11. The van der Waals surface area contributed by atoms with E-state index in [2.05, 4.69) is 52.5 Å². The van der Waals surface area contributed by atoms with Gasteiger partial charge in [-0.05, 0) is 30.0 Å². The van der Waals surface area contributed by atoms with Crippen molar-refractivity contribution in [1.82, 2.24) is 20.4 Å². The first-order chi connectivity index (χ1) is 15.1. The van der Waals surface area contributed by atoms with Gasteiger partial charge in [-0.1, -0.05) is 55.4 Å². The third-order valence-corrected chi connectivity index (χ3v) is 6.19. The number of benzene rings is 2. The Balaban J connectivity index is 1.19. The lowest BCUT2D eigenvalue weighted by molar-refractivity contribution is -0.121. The first kappa shape index (κ1) is 21.2. The van der Waals surface area contributed by atoms with Gasteiger partial charge in [0.15, 0.2) is 0 Å². The zero-order valence-electron chi connectivity index (χ0n) is 17.8. The number of hydrogen-bond donors (Lipinski definition) is 1. The summed E-state index contributed by atoms with van der Waals surface area (Å²) in [6, 6.07) is 16.3. The van der Waals surface area contributed by atoms with Gasteiger partial charge in [-0.2, -0.15) is 4.98 Å². The highest BCUT2D eigenvalue weighted by Gasteiger charge is 2.11. The maximum Gasteiger partial charge on any atom is 0.227 e. The van der Waals surface area contributed by atoms with Gasteiger partial charge < -0.3 is 9.84 Å². The highest BCUT2D eigenvalue weighted by molar-refractivity contribution is 7.18. The summed E-state index contributed by atoms with van der Waals surface area (Å²) in [5.74, 6) is 1.51. The second kappa shape index (κ2) is 9.83. The average Bonchev–Trinajstić information content (AvgIpc) is 3.42. The minimum atomic E-state index is -0.00895. The van der Waals surface area contributed by atoms with Gasteiger partial charge in [-0.25, -0.2) is 4.98 Å². The summed E-state index contributed by atoms with van der Waals surface area (Å²) < 4.78 is 6.52. The molecule has 0 atom stereocenters. The van der Waals surface area contributed by atoms with E-state index >= 15 is 0 Å². The van der Waals surface area contributed by atoms with Crippen LogP contribution in [0, 0.1) is 0 Å². The molecule has 0 radical (unpaired) electrons. The number of nitrogens with one attached hydrogen (secondary N) is 1. The summed E-state index contributed by atoms with van der Waals surface area (Å²) in [7, 11) is 0. The van der Waals surface area contributed by atoms with Crippen LogP contribution in [0.3, 0.4) is 0 Å². The average molecular weight is 435 g/mol. The molecule has 2 aromatic carbocycles. The number of amides is 1. The van der Waals surface area contributed by atoms with Gasteiger partial charge in [-0.15, -0.1) is 11.3 Å². The van der Waals surface area contributed by atoms with Crippen molar-refractivity contribution in [2.24, 2.45) is 0 Å². The van der Waals surface area contributed by atoms with E-state index < -0.39 is 0 Å². The van der Waals surface area contributed by atoms with Crippen LogP contribution in [-0.2, 0) is 17.6 Å². The highest BCUT2D eigenvalue weighted by Crippen LogP contribution is 2.22. The van der Waals surface area contributed by atoms with E-state index in [0.717, 1.165) is 28.9 Å². The third kappa shape index (κ3) is 5.55. The topological polar surface area (TPSA) is 80.9 Å². The summed E-state index contributed by atoms with van der Waals surface area (Å²) in [6.07, 6.45) is 2.49. The van der Waals surface area contributed by atoms with Gasteiger partial charge in [0.25, 0.3) is 0 Å². The molecule has 0 spiro atoms. The normalized spacial score (nSPS) is 11.3. The van der Waals surface area contributed by atoms with Gasteiger partial charge in [0.05, 0.1) is 15.2 Å². The van der Waals surface area contributed by atoms with E-state index in [0.29, 0.717) is 37.0 Å². The number of carbonyl (C=O) groups excluding carboxylic acids is 1. The largest absolute Gasteiger partial charge is 0.356 e. The zero-order valence-corrected chi connectivity index (χ0v) is 18.6. The van der Waals surface area contributed by atoms with Crippen molar-refractivity contribution in [2.75, 3.05) is 6.54 Å². The molecule has 0 saturated heterocycles. The van der Waals surface area contributed by atoms with Gasteiger partial charge >= 0.3 is 0 Å². The fraction of sp³-hybridized carbons (Fsp3) is 0.333. The molecule has 0 saturated carbocycles. The number of fused-ring (bicyclic) bond motifs is 1. The van der Waals surface area contributed by atoms with Crippen LogP contribution in [0.1, 0.15) is 49.1 Å². The van der Waals surface area contributed by atoms with E-state index in [-0.39, 0.29) is 5.91 Å². The number of aromatic nitrogens is 3. The van der Waals surface area contributed by atoms with Crippen LogP contribution in [0.5, 0.6) is 0 Å². The number of carbonyl (C=O) groups is 1. The molecular formula is C24H26N4O2S. The number of aryl methyl sites for hydroxylation is 2. The molecule has 0 aliphatic heterocycles. The molecular weight excluding hydrogens is 408 g/mol. The molecule has 4 rings (SSSR count). The number of hydrogen-bond acceptors (Lipinski definition) is 6. The standard InChI is InChI=1S/C24H26N4O2S/c1-16(2)17-9-11-18(12-10-17)24-27-22(30-28-24)14-13-21(29)25-15-5-8-23-26-19-6-3-4-7-20(19)31-23/h3-4,6-7,9-12,16H,5,8,13-15H2,1-2H3,(H,25,29). The lowest BCUT2D eigenvalue weighted by Gasteiger charge is -2.04. The van der Waals surface area contributed by atoms with Gasteiger partial charge in [0, 0.05) is 31.4 Å². The van der Waals surface area contributed by atoms with Crippen LogP contribution in [0.15, 0.2) is 53.1 Å². The molecule has 0 bridgehead atoms. The Labute approximate surface area is 185 Å². The quantitative estimate of drug-likeness (QED) is 0.368. The van der Waals surface area contributed by atoms with Crippen LogP contribution < -0.4 is 5.32 Å². The van der Waals surface area contributed by atoms with Gasteiger partial charge in [0.1, 0.15) is 0 Å². The first-order valence-electron chi connectivity index (χ1n) is 10.6. The van der Waals surface area contributed by atoms with Crippen LogP contribution in [0.2, 0.25) is 0 Å². The summed E-state index contributed by atoms with van der Waals surface area (Å²) in [4.78, 5) is 21.2. The number of rotatable bonds is 9. The van der Waals surface area contributed by atoms with E-state index in [1.54, 1.807) is 11.3 Å². The second-order valence-corrected chi connectivity index (χ2v) is 8.93. The van der Waals surface area contributed by atoms with Gasteiger partial charge in [-0.3, -0.25) is 4.79 Å². The van der Waals surface area contributed by atoms with Crippen molar-refractivity contribution in [3.63, 3.8) is 0 Å². The smallest absolute Gasteiger partial charge is 0.227 e. The summed E-state index contributed by atoms with van der Waals surface area (Å²) in [5.41, 5.74) is 3.23. The summed E-state index contributed by atoms with van der Waals surface area (Å²) in [6.45, 7) is 4.95. The minimum absolute atomic E-state index is 0.00895. The minimum Gasteiger partial charge on any atom is -0.356 e.